The van der Waals surface area contributed by atoms with Gasteiger partial charge in [0.2, 0.25) is 5.91 Å². The van der Waals surface area contributed by atoms with Gasteiger partial charge in [0.1, 0.15) is 0 Å². The molecule has 1 amide bonds. The van der Waals surface area contributed by atoms with Crippen LogP contribution in [0.15, 0.2) is 0 Å². The number of amides is 1. The fourth-order valence-corrected chi connectivity index (χ4v) is 5.27. The summed E-state index contributed by atoms with van der Waals surface area (Å²) in [7, 11) is -3.00. The highest BCUT2D eigenvalue weighted by atomic mass is 32.2. The molecule has 6 nitrogen and oxygen atoms in total. The summed E-state index contributed by atoms with van der Waals surface area (Å²) in [4.78, 5) is 14.7. The van der Waals surface area contributed by atoms with Gasteiger partial charge in [-0.3, -0.25) is 9.48 Å². The van der Waals surface area contributed by atoms with Crippen molar-refractivity contribution in [1.29, 1.82) is 0 Å². The van der Waals surface area contributed by atoms with Crippen molar-refractivity contribution in [3.8, 4) is 0 Å². The molecule has 0 saturated carbocycles. The Morgan fingerprint density at radius 3 is 2.56 bits per heavy atom. The van der Waals surface area contributed by atoms with Crippen molar-refractivity contribution < 1.29 is 13.2 Å². The third-order valence-electron chi connectivity index (χ3n) is 4.83. The number of hydrogen-bond donors (Lipinski definition) is 0. The quantitative estimate of drug-likeness (QED) is 0.738. The molecule has 7 heteroatoms. The molecule has 0 aliphatic carbocycles. The Labute approximate surface area is 151 Å². The van der Waals surface area contributed by atoms with Gasteiger partial charge in [0.15, 0.2) is 9.84 Å². The van der Waals surface area contributed by atoms with Crippen molar-refractivity contribution in [1.82, 2.24) is 14.7 Å². The van der Waals surface area contributed by atoms with Gasteiger partial charge in [-0.1, -0.05) is 20.8 Å². The van der Waals surface area contributed by atoms with E-state index in [4.69, 9.17) is 0 Å². The summed E-state index contributed by atoms with van der Waals surface area (Å²) in [6.45, 7) is 11.7. The molecule has 142 valence electrons. The summed E-state index contributed by atoms with van der Waals surface area (Å²) in [6.07, 6.45) is 1.68. The smallest absolute Gasteiger partial charge is 0.227 e. The minimum atomic E-state index is -3.00. The monoisotopic (exact) mass is 369 g/mol. The predicted octanol–water partition coefficient (Wildman–Crippen LogP) is 2.12. The maximum Gasteiger partial charge on any atom is 0.227 e. The Balaban J connectivity index is 2.17. The summed E-state index contributed by atoms with van der Waals surface area (Å²) >= 11 is 0. The van der Waals surface area contributed by atoms with Gasteiger partial charge in [0.05, 0.1) is 23.6 Å². The van der Waals surface area contributed by atoms with Crippen LogP contribution in [0.2, 0.25) is 0 Å². The molecule has 1 atom stereocenters. The van der Waals surface area contributed by atoms with E-state index < -0.39 is 9.84 Å². The molecule has 1 aromatic rings. The van der Waals surface area contributed by atoms with Crippen molar-refractivity contribution in [2.24, 2.45) is 5.92 Å². The summed E-state index contributed by atoms with van der Waals surface area (Å²) in [5.74, 6) is 0.792. The van der Waals surface area contributed by atoms with Crippen molar-refractivity contribution in [3.63, 3.8) is 0 Å². The van der Waals surface area contributed by atoms with E-state index in [9.17, 15) is 13.2 Å². The second-order valence-electron chi connectivity index (χ2n) is 7.55. The van der Waals surface area contributed by atoms with Crippen molar-refractivity contribution >= 4 is 15.7 Å². The number of hydrogen-bond acceptors (Lipinski definition) is 4. The Hall–Kier alpha value is -1.37. The van der Waals surface area contributed by atoms with Gasteiger partial charge in [0.25, 0.3) is 0 Å². The molecule has 0 N–H and O–H groups in total. The Morgan fingerprint density at radius 1 is 1.36 bits per heavy atom. The van der Waals surface area contributed by atoms with Crippen LogP contribution in [0, 0.1) is 19.8 Å². The molecule has 1 aromatic heterocycles. The molecule has 0 spiro atoms. The lowest BCUT2D eigenvalue weighted by Crippen LogP contribution is -2.42. The standard InChI is InChI=1S/C18H31N3O3S/c1-6-8-20(16-7-9-25(23,24)12-16)18(22)10-17-14(4)19-21(15(17)5)11-13(2)3/h13,16H,6-12H2,1-5H3. The fraction of sp³-hybridized carbons (Fsp3) is 0.778. The van der Waals surface area contributed by atoms with E-state index in [-0.39, 0.29) is 23.5 Å². The predicted molar refractivity (Wildman–Crippen MR) is 99.3 cm³/mol. The minimum absolute atomic E-state index is 0.0132. The van der Waals surface area contributed by atoms with E-state index in [1.54, 1.807) is 4.90 Å². The number of aryl methyl sites for hydroxylation is 1. The van der Waals surface area contributed by atoms with Gasteiger partial charge < -0.3 is 4.90 Å². The molecular weight excluding hydrogens is 338 g/mol. The van der Waals surface area contributed by atoms with Gasteiger partial charge in [-0.2, -0.15) is 5.10 Å². The maximum atomic E-state index is 12.9. The number of sulfone groups is 1. The van der Waals surface area contributed by atoms with Crippen LogP contribution in [-0.4, -0.2) is 53.1 Å². The SMILES string of the molecule is CCCN(C(=O)Cc1c(C)nn(CC(C)C)c1C)C1CCS(=O)(=O)C1. The van der Waals surface area contributed by atoms with Gasteiger partial charge in [-0.15, -0.1) is 0 Å². The fourth-order valence-electron chi connectivity index (χ4n) is 3.54. The molecule has 1 aliphatic rings. The highest BCUT2D eigenvalue weighted by molar-refractivity contribution is 7.91. The molecule has 0 aromatic carbocycles. The molecule has 1 fully saturated rings. The van der Waals surface area contributed by atoms with Gasteiger partial charge in [-0.25, -0.2) is 8.42 Å². The van der Waals surface area contributed by atoms with Crippen molar-refractivity contribution in [2.45, 2.75) is 66.5 Å². The zero-order valence-electron chi connectivity index (χ0n) is 16.1. The highest BCUT2D eigenvalue weighted by Gasteiger charge is 2.34. The maximum absolute atomic E-state index is 12.9. The number of rotatable bonds is 7. The first-order valence-electron chi connectivity index (χ1n) is 9.17. The van der Waals surface area contributed by atoms with Crippen LogP contribution < -0.4 is 0 Å². The highest BCUT2D eigenvalue weighted by Crippen LogP contribution is 2.21. The van der Waals surface area contributed by atoms with E-state index in [1.165, 1.54) is 0 Å². The first-order valence-corrected chi connectivity index (χ1v) is 11.0. The Kier molecular flexibility index (Phi) is 6.30. The van der Waals surface area contributed by atoms with E-state index in [2.05, 4.69) is 18.9 Å². The lowest BCUT2D eigenvalue weighted by molar-refractivity contribution is -0.132. The summed E-state index contributed by atoms with van der Waals surface area (Å²) in [6, 6.07) is -0.177. The number of carbonyl (C=O) groups excluding carboxylic acids is 1. The molecule has 1 unspecified atom stereocenters. The first-order chi connectivity index (χ1) is 11.6. The zero-order valence-corrected chi connectivity index (χ0v) is 16.9. The molecule has 0 radical (unpaired) electrons. The third-order valence-corrected chi connectivity index (χ3v) is 6.58. The second kappa shape index (κ2) is 7.89. The van der Waals surface area contributed by atoms with Gasteiger partial charge >= 0.3 is 0 Å². The van der Waals surface area contributed by atoms with Crippen LogP contribution in [0.3, 0.4) is 0 Å². The molecule has 2 heterocycles. The Bertz CT molecular complexity index is 722. The average Bonchev–Trinajstić information content (AvgIpc) is 2.98. The van der Waals surface area contributed by atoms with E-state index in [0.717, 1.165) is 29.9 Å². The molecule has 1 saturated heterocycles. The van der Waals surface area contributed by atoms with Crippen LogP contribution in [0.1, 0.15) is 50.6 Å². The normalized spacial score (nSPS) is 19.5. The van der Waals surface area contributed by atoms with Crippen molar-refractivity contribution in [2.75, 3.05) is 18.1 Å². The second-order valence-corrected chi connectivity index (χ2v) is 9.77. The lowest BCUT2D eigenvalue weighted by Gasteiger charge is -2.28. The van der Waals surface area contributed by atoms with Crippen LogP contribution in [0.5, 0.6) is 0 Å². The van der Waals surface area contributed by atoms with E-state index in [1.807, 2.05) is 25.5 Å². The summed E-state index contributed by atoms with van der Waals surface area (Å²) < 4.78 is 25.6. The third kappa shape index (κ3) is 4.84. The van der Waals surface area contributed by atoms with Gasteiger partial charge in [-0.05, 0) is 32.6 Å². The number of nitrogens with zero attached hydrogens (tertiary/aromatic N) is 3. The number of carbonyl (C=O) groups is 1. The van der Waals surface area contributed by atoms with E-state index in [0.29, 0.717) is 25.3 Å². The van der Waals surface area contributed by atoms with Crippen LogP contribution >= 0.6 is 0 Å². The topological polar surface area (TPSA) is 72.3 Å². The van der Waals surface area contributed by atoms with Gasteiger partial charge in [0, 0.05) is 30.4 Å². The van der Waals surface area contributed by atoms with Crippen LogP contribution in [0.25, 0.3) is 0 Å². The largest absolute Gasteiger partial charge is 0.338 e. The lowest BCUT2D eigenvalue weighted by atomic mass is 10.1. The molecular formula is C18H31N3O3S. The van der Waals surface area contributed by atoms with Crippen molar-refractivity contribution in [3.05, 3.63) is 17.0 Å². The van der Waals surface area contributed by atoms with Crippen LogP contribution in [-0.2, 0) is 27.6 Å². The zero-order chi connectivity index (χ0) is 18.8. The molecule has 1 aliphatic heterocycles. The Morgan fingerprint density at radius 2 is 2.04 bits per heavy atom. The molecule has 0 bridgehead atoms. The first kappa shape index (κ1) is 19.9. The summed E-state index contributed by atoms with van der Waals surface area (Å²) in [5.41, 5.74) is 2.91. The average molecular weight is 370 g/mol. The number of aromatic nitrogens is 2. The minimum Gasteiger partial charge on any atom is -0.338 e. The summed E-state index contributed by atoms with van der Waals surface area (Å²) in [5, 5.41) is 4.58. The molecule has 2 rings (SSSR count). The molecule has 25 heavy (non-hydrogen) atoms. The van der Waals surface area contributed by atoms with Crippen LogP contribution in [0.4, 0.5) is 0 Å². The van der Waals surface area contributed by atoms with E-state index >= 15 is 0 Å².